The van der Waals surface area contributed by atoms with E-state index in [0.717, 1.165) is 72.0 Å². The van der Waals surface area contributed by atoms with Crippen molar-refractivity contribution in [3.05, 3.63) is 126 Å². The van der Waals surface area contributed by atoms with E-state index < -0.39 is 0 Å². The Bertz CT molecular complexity index is 2010. The molecule has 50 heavy (non-hydrogen) atoms. The molecule has 11 heteroatoms. The average molecular weight is 667 g/mol. The van der Waals surface area contributed by atoms with Gasteiger partial charge in [0.25, 0.3) is 5.91 Å². The van der Waals surface area contributed by atoms with Crippen LogP contribution in [0.15, 0.2) is 104 Å². The number of nitrogens with one attached hydrogen (secondary N) is 3. The molecule has 5 aromatic rings. The van der Waals surface area contributed by atoms with E-state index in [1.165, 1.54) is 0 Å². The number of nitrogens with zero attached hydrogens (tertiary/aromatic N) is 5. The van der Waals surface area contributed by atoms with E-state index in [1.807, 2.05) is 79.7 Å². The quantitative estimate of drug-likeness (QED) is 0.170. The molecule has 4 heterocycles. The first-order valence-electron chi connectivity index (χ1n) is 16.8. The number of piperazine rings is 1. The van der Waals surface area contributed by atoms with Crippen LogP contribution in [0.5, 0.6) is 0 Å². The topological polar surface area (TPSA) is 132 Å². The molecule has 2 aliphatic rings. The van der Waals surface area contributed by atoms with Gasteiger partial charge in [0.1, 0.15) is 0 Å². The number of aryl methyl sites for hydroxylation is 1. The molecule has 0 saturated carbocycles. The Morgan fingerprint density at radius 1 is 0.920 bits per heavy atom. The predicted octanol–water partition coefficient (Wildman–Crippen LogP) is 5.69. The smallest absolute Gasteiger partial charge is 0.255 e. The summed E-state index contributed by atoms with van der Waals surface area (Å²) in [6.45, 7) is 6.31. The lowest BCUT2D eigenvalue weighted by Gasteiger charge is -2.36. The van der Waals surface area contributed by atoms with Gasteiger partial charge in [-0.2, -0.15) is 0 Å². The van der Waals surface area contributed by atoms with Crippen molar-refractivity contribution in [2.24, 2.45) is 0 Å². The number of hydrogen-bond donors (Lipinski definition) is 3. The van der Waals surface area contributed by atoms with Crippen molar-refractivity contribution in [2.45, 2.75) is 32.2 Å². The fourth-order valence-electron chi connectivity index (χ4n) is 6.42. The Kier molecular flexibility index (Phi) is 9.56. The van der Waals surface area contributed by atoms with Gasteiger partial charge in [-0.25, -0.2) is 9.97 Å². The molecule has 0 aliphatic carbocycles. The summed E-state index contributed by atoms with van der Waals surface area (Å²) in [6.07, 6.45) is 6.12. The Morgan fingerprint density at radius 3 is 2.54 bits per heavy atom. The number of piperidine rings is 1. The van der Waals surface area contributed by atoms with Gasteiger partial charge in [-0.15, -0.1) is 0 Å². The minimum atomic E-state index is -0.275. The number of amides is 3. The second-order valence-electron chi connectivity index (χ2n) is 12.7. The first-order valence-corrected chi connectivity index (χ1v) is 16.8. The Balaban J connectivity index is 0.926. The number of carbonyl (C=O) groups excluding carboxylic acids is 3. The molecule has 1 unspecified atom stereocenters. The Hall–Kier alpha value is -5.94. The fourth-order valence-corrected chi connectivity index (χ4v) is 6.42. The van der Waals surface area contributed by atoms with Crippen molar-refractivity contribution < 1.29 is 14.4 Å². The summed E-state index contributed by atoms with van der Waals surface area (Å²) >= 11 is 0. The molecule has 0 spiro atoms. The van der Waals surface area contributed by atoms with Gasteiger partial charge in [0.15, 0.2) is 0 Å². The third-order valence-electron chi connectivity index (χ3n) is 9.22. The molecule has 2 aliphatic heterocycles. The highest BCUT2D eigenvalue weighted by atomic mass is 16.2. The molecule has 11 nitrogen and oxygen atoms in total. The molecule has 1 atom stereocenters. The Morgan fingerprint density at radius 2 is 1.76 bits per heavy atom. The zero-order valence-corrected chi connectivity index (χ0v) is 27.8. The molecule has 3 N–H and O–H groups in total. The van der Waals surface area contributed by atoms with Crippen LogP contribution in [0.4, 0.5) is 23.0 Å². The zero-order valence-electron chi connectivity index (χ0n) is 27.8. The third-order valence-corrected chi connectivity index (χ3v) is 9.22. The lowest BCUT2D eigenvalue weighted by molar-refractivity contribution is -0.134. The number of imide groups is 1. The van der Waals surface area contributed by atoms with E-state index >= 15 is 0 Å². The highest BCUT2D eigenvalue weighted by molar-refractivity contribution is 6.04. The number of anilines is 4. The van der Waals surface area contributed by atoms with E-state index in [0.29, 0.717) is 30.0 Å². The molecule has 0 bridgehead atoms. The van der Waals surface area contributed by atoms with Crippen LogP contribution in [-0.4, -0.2) is 63.8 Å². The highest BCUT2D eigenvalue weighted by Gasteiger charge is 2.28. The molecular formula is C39H38N8O3. The summed E-state index contributed by atoms with van der Waals surface area (Å²) in [7, 11) is 0. The maximum absolute atomic E-state index is 13.2. The maximum Gasteiger partial charge on any atom is 0.255 e. The van der Waals surface area contributed by atoms with Crippen LogP contribution >= 0.6 is 0 Å². The summed E-state index contributed by atoms with van der Waals surface area (Å²) in [5, 5.41) is 8.77. The summed E-state index contributed by atoms with van der Waals surface area (Å²) in [4.78, 5) is 55.1. The molecule has 2 saturated heterocycles. The second-order valence-corrected chi connectivity index (χ2v) is 12.7. The standard InChI is InChI=1S/C39H38N8O3/c1-26-7-10-31(23-35(26)44-39-41-17-15-34(43-39)30-6-3-16-40-24-30)42-37(49)28-8-11-32(12-9-28)47-20-18-46(19-21-47)25-27-4-2-5-29(22-27)33-13-14-36(48)45-38(33)50/h2-12,15-17,22-24,33H,13-14,18-21,25H2,1H3,(H,42,49)(H,41,43,44)(H,45,48,50). The van der Waals surface area contributed by atoms with Crippen LogP contribution in [0.25, 0.3) is 11.3 Å². The van der Waals surface area contributed by atoms with E-state index in [9.17, 15) is 14.4 Å². The lowest BCUT2D eigenvalue weighted by Crippen LogP contribution is -2.46. The molecule has 2 aromatic heterocycles. The highest BCUT2D eigenvalue weighted by Crippen LogP contribution is 2.27. The van der Waals surface area contributed by atoms with Gasteiger partial charge in [0.2, 0.25) is 17.8 Å². The molecular weight excluding hydrogens is 628 g/mol. The Labute approximate surface area is 290 Å². The molecule has 7 rings (SSSR count). The minimum Gasteiger partial charge on any atom is -0.369 e. The average Bonchev–Trinajstić information content (AvgIpc) is 3.14. The van der Waals surface area contributed by atoms with Crippen LogP contribution in [0, 0.1) is 6.92 Å². The molecule has 3 aromatic carbocycles. The van der Waals surface area contributed by atoms with Gasteiger partial charge in [0.05, 0.1) is 11.6 Å². The van der Waals surface area contributed by atoms with Crippen LogP contribution in [0.1, 0.15) is 45.8 Å². The van der Waals surface area contributed by atoms with Crippen molar-refractivity contribution in [2.75, 3.05) is 41.7 Å². The van der Waals surface area contributed by atoms with E-state index in [1.54, 1.807) is 18.6 Å². The monoisotopic (exact) mass is 666 g/mol. The number of hydrogen-bond acceptors (Lipinski definition) is 9. The van der Waals surface area contributed by atoms with Crippen molar-refractivity contribution in [3.63, 3.8) is 0 Å². The number of carbonyl (C=O) groups is 3. The van der Waals surface area contributed by atoms with Crippen molar-refractivity contribution in [1.82, 2.24) is 25.2 Å². The number of rotatable bonds is 9. The largest absolute Gasteiger partial charge is 0.369 e. The predicted molar refractivity (Wildman–Crippen MR) is 193 cm³/mol. The van der Waals surface area contributed by atoms with Gasteiger partial charge in [-0.3, -0.25) is 29.6 Å². The molecule has 0 radical (unpaired) electrons. The number of pyridine rings is 1. The van der Waals surface area contributed by atoms with Crippen LogP contribution in [-0.2, 0) is 16.1 Å². The molecule has 3 amide bonds. The first-order chi connectivity index (χ1) is 24.4. The summed E-state index contributed by atoms with van der Waals surface area (Å²) < 4.78 is 0. The summed E-state index contributed by atoms with van der Waals surface area (Å²) in [5.74, 6) is -0.413. The van der Waals surface area contributed by atoms with Gasteiger partial charge in [0, 0.05) is 85.9 Å². The number of aromatic nitrogens is 3. The zero-order chi connectivity index (χ0) is 34.5. The van der Waals surface area contributed by atoms with Gasteiger partial charge >= 0.3 is 0 Å². The number of benzene rings is 3. The third kappa shape index (κ3) is 7.68. The summed E-state index contributed by atoms with van der Waals surface area (Å²) in [6, 6.07) is 27.3. The van der Waals surface area contributed by atoms with Crippen molar-refractivity contribution >= 4 is 40.7 Å². The maximum atomic E-state index is 13.2. The second kappa shape index (κ2) is 14.7. The van der Waals surface area contributed by atoms with Crippen LogP contribution in [0.3, 0.4) is 0 Å². The van der Waals surface area contributed by atoms with Crippen molar-refractivity contribution in [1.29, 1.82) is 0 Å². The summed E-state index contributed by atoms with van der Waals surface area (Å²) in [5.41, 5.74) is 7.89. The van der Waals surface area contributed by atoms with Gasteiger partial charge in [-0.1, -0.05) is 30.3 Å². The minimum absolute atomic E-state index is 0.189. The first kappa shape index (κ1) is 32.6. The molecule has 2 fully saturated rings. The van der Waals surface area contributed by atoms with Crippen LogP contribution in [0.2, 0.25) is 0 Å². The van der Waals surface area contributed by atoms with E-state index in [-0.39, 0.29) is 23.6 Å². The van der Waals surface area contributed by atoms with E-state index in [4.69, 9.17) is 0 Å². The normalized spacial score (nSPS) is 16.5. The van der Waals surface area contributed by atoms with Crippen molar-refractivity contribution in [3.8, 4) is 11.3 Å². The van der Waals surface area contributed by atoms with Gasteiger partial charge in [-0.05, 0) is 84.6 Å². The fraction of sp³-hybridized carbons (Fsp3) is 0.231. The SMILES string of the molecule is Cc1ccc(NC(=O)c2ccc(N3CCN(Cc4cccc(C5CCC(=O)NC5=O)c4)CC3)cc2)cc1Nc1nccc(-c2cccnc2)n1. The van der Waals surface area contributed by atoms with Crippen LogP contribution < -0.4 is 20.9 Å². The molecule has 252 valence electrons. The van der Waals surface area contributed by atoms with Gasteiger partial charge < -0.3 is 15.5 Å². The lowest BCUT2D eigenvalue weighted by atomic mass is 9.89. The van der Waals surface area contributed by atoms with E-state index in [2.05, 4.69) is 52.8 Å².